The number of benzene rings is 2. The lowest BCUT2D eigenvalue weighted by atomic mass is 10.1. The van der Waals surface area contributed by atoms with Gasteiger partial charge in [-0.05, 0) is 48.4 Å². The van der Waals surface area contributed by atoms with Crippen LogP contribution in [0.1, 0.15) is 18.1 Å². The van der Waals surface area contributed by atoms with Gasteiger partial charge in [-0.2, -0.15) is 0 Å². The van der Waals surface area contributed by atoms with Gasteiger partial charge in [0.15, 0.2) is 11.5 Å². The molecule has 0 spiro atoms. The topological polar surface area (TPSA) is 76.7 Å². The van der Waals surface area contributed by atoms with Crippen LogP contribution in [0.3, 0.4) is 0 Å². The van der Waals surface area contributed by atoms with E-state index < -0.39 is 11.9 Å². The van der Waals surface area contributed by atoms with Crippen molar-refractivity contribution in [3.63, 3.8) is 0 Å². The Labute approximate surface area is 176 Å². The van der Waals surface area contributed by atoms with Crippen molar-refractivity contribution < 1.29 is 19.1 Å². The van der Waals surface area contributed by atoms with E-state index in [0.717, 1.165) is 5.56 Å². The summed E-state index contributed by atoms with van der Waals surface area (Å²) < 4.78 is 11.5. The minimum Gasteiger partial charge on any atom is -0.490 e. The Morgan fingerprint density at radius 3 is 2.39 bits per heavy atom. The Bertz CT molecular complexity index is 976. The number of urea groups is 1. The lowest BCUT2D eigenvalue weighted by Gasteiger charge is -2.15. The monoisotopic (exact) mass is 440 g/mol. The number of hydrogen-bond acceptors (Lipinski definition) is 4. The number of rotatable bonds is 6. The third-order valence-corrected chi connectivity index (χ3v) is 4.75. The van der Waals surface area contributed by atoms with Gasteiger partial charge < -0.3 is 14.8 Å². The van der Waals surface area contributed by atoms with Gasteiger partial charge in [0.25, 0.3) is 5.91 Å². The first-order valence-corrected chi connectivity index (χ1v) is 9.38. The van der Waals surface area contributed by atoms with Crippen LogP contribution in [0.15, 0.2) is 36.0 Å². The van der Waals surface area contributed by atoms with E-state index in [4.69, 9.17) is 44.3 Å². The first kappa shape index (κ1) is 20.3. The molecule has 0 atom stereocenters. The van der Waals surface area contributed by atoms with E-state index in [0.29, 0.717) is 38.7 Å². The van der Waals surface area contributed by atoms with Gasteiger partial charge in [0, 0.05) is 0 Å². The first-order chi connectivity index (χ1) is 13.4. The zero-order valence-corrected chi connectivity index (χ0v) is 16.9. The van der Waals surface area contributed by atoms with E-state index in [1.807, 2.05) is 6.92 Å². The van der Waals surface area contributed by atoms with Crippen molar-refractivity contribution in [1.82, 2.24) is 10.6 Å². The van der Waals surface area contributed by atoms with Gasteiger partial charge in [0.2, 0.25) is 0 Å². The predicted octanol–water partition coefficient (Wildman–Crippen LogP) is 4.80. The van der Waals surface area contributed by atoms with Crippen LogP contribution in [0.25, 0.3) is 6.08 Å². The number of hydrogen-bond donors (Lipinski definition) is 2. The summed E-state index contributed by atoms with van der Waals surface area (Å²) in [5.74, 6) is 0.252. The van der Waals surface area contributed by atoms with Gasteiger partial charge in [-0.15, -0.1) is 0 Å². The highest BCUT2D eigenvalue weighted by Gasteiger charge is 2.23. The molecule has 3 amide bonds. The van der Waals surface area contributed by atoms with Crippen molar-refractivity contribution in [1.29, 1.82) is 0 Å². The zero-order valence-electron chi connectivity index (χ0n) is 14.6. The number of halogens is 3. The van der Waals surface area contributed by atoms with Crippen molar-refractivity contribution in [2.24, 2.45) is 0 Å². The highest BCUT2D eigenvalue weighted by molar-refractivity contribution is 6.42. The van der Waals surface area contributed by atoms with E-state index in [2.05, 4.69) is 10.6 Å². The van der Waals surface area contributed by atoms with Crippen LogP contribution in [0.4, 0.5) is 4.79 Å². The SMILES string of the molecule is CCOc1cc(/C=C2\NC(=O)NC2=O)cc(Cl)c1OCc1ccc(Cl)c(Cl)c1. The molecule has 1 fully saturated rings. The summed E-state index contributed by atoms with van der Waals surface area (Å²) in [7, 11) is 0. The van der Waals surface area contributed by atoms with Gasteiger partial charge in [-0.1, -0.05) is 40.9 Å². The normalized spacial score (nSPS) is 14.8. The molecule has 0 radical (unpaired) electrons. The summed E-state index contributed by atoms with van der Waals surface area (Å²) in [4.78, 5) is 22.9. The van der Waals surface area contributed by atoms with Crippen LogP contribution in [-0.2, 0) is 11.4 Å². The smallest absolute Gasteiger partial charge is 0.326 e. The fourth-order valence-electron chi connectivity index (χ4n) is 2.51. The molecule has 2 aromatic rings. The number of carbonyl (C=O) groups is 2. The minimum absolute atomic E-state index is 0.119. The second-order valence-electron chi connectivity index (χ2n) is 5.77. The molecule has 2 N–H and O–H groups in total. The van der Waals surface area contributed by atoms with Gasteiger partial charge >= 0.3 is 6.03 Å². The van der Waals surface area contributed by atoms with Gasteiger partial charge in [0.1, 0.15) is 12.3 Å². The summed E-state index contributed by atoms with van der Waals surface area (Å²) in [6.07, 6.45) is 1.50. The third kappa shape index (κ3) is 4.70. The molecule has 146 valence electrons. The maximum atomic E-state index is 11.7. The molecule has 1 aliphatic rings. The predicted molar refractivity (Wildman–Crippen MR) is 108 cm³/mol. The fourth-order valence-corrected chi connectivity index (χ4v) is 3.10. The molecular weight excluding hydrogens is 427 g/mol. The number of imide groups is 1. The largest absolute Gasteiger partial charge is 0.490 e. The molecule has 28 heavy (non-hydrogen) atoms. The van der Waals surface area contributed by atoms with Crippen molar-refractivity contribution in [3.05, 3.63) is 62.2 Å². The number of ether oxygens (including phenoxy) is 2. The lowest BCUT2D eigenvalue weighted by molar-refractivity contribution is -0.115. The van der Waals surface area contributed by atoms with Crippen LogP contribution in [0, 0.1) is 0 Å². The average molecular weight is 442 g/mol. The quantitative estimate of drug-likeness (QED) is 0.498. The van der Waals surface area contributed by atoms with Crippen molar-refractivity contribution in [2.45, 2.75) is 13.5 Å². The van der Waals surface area contributed by atoms with Gasteiger partial charge in [-0.3, -0.25) is 10.1 Å². The summed E-state index contributed by atoms with van der Waals surface area (Å²) in [6.45, 7) is 2.42. The van der Waals surface area contributed by atoms with Crippen LogP contribution in [0.5, 0.6) is 11.5 Å². The molecule has 0 aromatic heterocycles. The Kier molecular flexibility index (Phi) is 6.34. The molecule has 1 saturated heterocycles. The van der Waals surface area contributed by atoms with Crippen molar-refractivity contribution in [3.8, 4) is 11.5 Å². The number of carbonyl (C=O) groups excluding carboxylic acids is 2. The highest BCUT2D eigenvalue weighted by Crippen LogP contribution is 2.38. The molecular formula is C19H15Cl3N2O4. The Morgan fingerprint density at radius 2 is 1.75 bits per heavy atom. The lowest BCUT2D eigenvalue weighted by Crippen LogP contribution is -2.22. The minimum atomic E-state index is -0.575. The highest BCUT2D eigenvalue weighted by atomic mass is 35.5. The van der Waals surface area contributed by atoms with E-state index in [1.54, 1.807) is 30.3 Å². The Morgan fingerprint density at radius 1 is 0.964 bits per heavy atom. The van der Waals surface area contributed by atoms with E-state index in [-0.39, 0.29) is 12.3 Å². The molecule has 1 aliphatic heterocycles. The molecule has 2 aromatic carbocycles. The average Bonchev–Trinajstić information content (AvgIpc) is 2.94. The third-order valence-electron chi connectivity index (χ3n) is 3.73. The van der Waals surface area contributed by atoms with E-state index >= 15 is 0 Å². The fraction of sp³-hybridized carbons (Fsp3) is 0.158. The Hall–Kier alpha value is -2.41. The van der Waals surface area contributed by atoms with Crippen LogP contribution >= 0.6 is 34.8 Å². The summed E-state index contributed by atoms with van der Waals surface area (Å²) in [6, 6.07) is 7.89. The molecule has 6 nitrogen and oxygen atoms in total. The maximum Gasteiger partial charge on any atom is 0.326 e. The second-order valence-corrected chi connectivity index (χ2v) is 6.99. The van der Waals surface area contributed by atoms with E-state index in [1.165, 1.54) is 6.08 Å². The molecule has 0 aliphatic carbocycles. The van der Waals surface area contributed by atoms with Crippen molar-refractivity contribution in [2.75, 3.05) is 6.61 Å². The zero-order chi connectivity index (χ0) is 20.3. The number of nitrogens with one attached hydrogen (secondary N) is 2. The standard InChI is InChI=1S/C19H15Cl3N2O4/c1-2-27-16-8-11(7-15-18(25)24-19(26)23-15)6-14(22)17(16)28-9-10-3-4-12(20)13(21)5-10/h3-8H,2,9H2,1H3,(H2,23,24,25,26)/b15-7-. The summed E-state index contributed by atoms with van der Waals surface area (Å²) in [5, 5.41) is 5.73. The maximum absolute atomic E-state index is 11.7. The first-order valence-electron chi connectivity index (χ1n) is 8.24. The van der Waals surface area contributed by atoms with Crippen LogP contribution < -0.4 is 20.1 Å². The van der Waals surface area contributed by atoms with Gasteiger partial charge in [-0.25, -0.2) is 4.79 Å². The Balaban J connectivity index is 1.86. The van der Waals surface area contributed by atoms with Crippen molar-refractivity contribution >= 4 is 52.8 Å². The summed E-state index contributed by atoms with van der Waals surface area (Å²) in [5.41, 5.74) is 1.50. The molecule has 0 saturated carbocycles. The summed E-state index contributed by atoms with van der Waals surface area (Å²) >= 11 is 18.3. The molecule has 1 heterocycles. The van der Waals surface area contributed by atoms with Gasteiger partial charge in [0.05, 0.1) is 21.7 Å². The van der Waals surface area contributed by atoms with E-state index in [9.17, 15) is 9.59 Å². The molecule has 0 unspecified atom stereocenters. The molecule has 0 bridgehead atoms. The number of amides is 3. The van der Waals surface area contributed by atoms with Crippen LogP contribution in [-0.4, -0.2) is 18.5 Å². The molecule has 9 heteroatoms. The van der Waals surface area contributed by atoms with Crippen LogP contribution in [0.2, 0.25) is 15.1 Å². The molecule has 3 rings (SSSR count). The second kappa shape index (κ2) is 8.73.